The number of ether oxygens (including phenoxy) is 1. The molecule has 150 valence electrons. The lowest BCUT2D eigenvalue weighted by molar-refractivity contribution is -0.125. The molecule has 6 nitrogen and oxygen atoms in total. The summed E-state index contributed by atoms with van der Waals surface area (Å²) in [4.78, 5) is 37.7. The van der Waals surface area contributed by atoms with E-state index in [0.29, 0.717) is 10.6 Å². The van der Waals surface area contributed by atoms with Gasteiger partial charge in [0, 0.05) is 24.2 Å². The van der Waals surface area contributed by atoms with Crippen LogP contribution < -0.4 is 10.1 Å². The van der Waals surface area contributed by atoms with E-state index in [1.54, 1.807) is 30.3 Å². The Bertz CT molecular complexity index is 982. The first-order valence-electron chi connectivity index (χ1n) is 8.59. The second-order valence-corrected chi connectivity index (χ2v) is 7.35. The predicted molar refractivity (Wildman–Crippen MR) is 109 cm³/mol. The molecule has 0 radical (unpaired) electrons. The Hall–Kier alpha value is -2.84. The number of benzene rings is 2. The van der Waals surface area contributed by atoms with Gasteiger partial charge in [0.25, 0.3) is 17.1 Å². The minimum Gasteiger partial charge on any atom is -0.484 e. The summed E-state index contributed by atoms with van der Waals surface area (Å²) in [6, 6.07) is 12.4. The number of carbonyl (C=O) groups is 3. The first-order chi connectivity index (χ1) is 13.9. The van der Waals surface area contributed by atoms with E-state index in [1.807, 2.05) is 0 Å². The van der Waals surface area contributed by atoms with Crippen molar-refractivity contribution in [1.82, 2.24) is 10.2 Å². The number of hydrogen-bond acceptors (Lipinski definition) is 5. The van der Waals surface area contributed by atoms with Gasteiger partial charge in [-0.05, 0) is 41.6 Å². The molecule has 1 fully saturated rings. The molecule has 0 spiro atoms. The topological polar surface area (TPSA) is 75.7 Å². The van der Waals surface area contributed by atoms with Gasteiger partial charge in [-0.3, -0.25) is 19.3 Å². The van der Waals surface area contributed by atoms with Crippen LogP contribution in [0, 0.1) is 5.82 Å². The van der Waals surface area contributed by atoms with Gasteiger partial charge in [-0.15, -0.1) is 0 Å². The summed E-state index contributed by atoms with van der Waals surface area (Å²) >= 11 is 6.90. The summed E-state index contributed by atoms with van der Waals surface area (Å²) in [5.74, 6) is -1.12. The third-order valence-corrected chi connectivity index (χ3v) is 5.14. The van der Waals surface area contributed by atoms with E-state index in [2.05, 4.69) is 5.32 Å². The number of imide groups is 1. The molecular formula is C20H16ClFN2O4S. The first-order valence-corrected chi connectivity index (χ1v) is 9.78. The highest BCUT2D eigenvalue weighted by Crippen LogP contribution is 2.33. The third-order valence-electron chi connectivity index (χ3n) is 3.89. The van der Waals surface area contributed by atoms with Crippen molar-refractivity contribution in [3.63, 3.8) is 0 Å². The van der Waals surface area contributed by atoms with Gasteiger partial charge in [-0.1, -0.05) is 35.9 Å². The van der Waals surface area contributed by atoms with Gasteiger partial charge in [-0.25, -0.2) is 4.39 Å². The Labute approximate surface area is 175 Å². The molecule has 9 heteroatoms. The number of carbonyl (C=O) groups excluding carboxylic acids is 3. The second kappa shape index (κ2) is 9.58. The summed E-state index contributed by atoms with van der Waals surface area (Å²) in [5, 5.41) is 2.61. The minimum atomic E-state index is -0.466. The van der Waals surface area contributed by atoms with Crippen LogP contribution in [0.5, 0.6) is 5.75 Å². The molecule has 29 heavy (non-hydrogen) atoms. The van der Waals surface area contributed by atoms with E-state index in [-0.39, 0.29) is 30.4 Å². The van der Waals surface area contributed by atoms with Crippen LogP contribution in [0.15, 0.2) is 53.4 Å². The lowest BCUT2D eigenvalue weighted by Gasteiger charge is -2.13. The normalized spacial score (nSPS) is 15.1. The Morgan fingerprint density at radius 2 is 2.00 bits per heavy atom. The van der Waals surface area contributed by atoms with E-state index in [0.717, 1.165) is 16.7 Å². The number of hydrogen-bond donors (Lipinski definition) is 1. The van der Waals surface area contributed by atoms with Crippen molar-refractivity contribution in [3.05, 3.63) is 69.8 Å². The SMILES string of the molecule is O=C(COc1cccc(F)c1)NCCN1C(=O)SC(=Cc2ccccc2Cl)C1=O. The van der Waals surface area contributed by atoms with Gasteiger partial charge in [0.05, 0.1) is 4.91 Å². The van der Waals surface area contributed by atoms with E-state index in [1.165, 1.54) is 24.3 Å². The van der Waals surface area contributed by atoms with Crippen LogP contribution >= 0.6 is 23.4 Å². The lowest BCUT2D eigenvalue weighted by atomic mass is 10.2. The summed E-state index contributed by atoms with van der Waals surface area (Å²) in [6.45, 7) is -0.212. The molecule has 2 aromatic carbocycles. The monoisotopic (exact) mass is 434 g/mol. The summed E-state index contributed by atoms with van der Waals surface area (Å²) in [5.41, 5.74) is 0.641. The predicted octanol–water partition coefficient (Wildman–Crippen LogP) is 3.71. The molecule has 1 aliphatic rings. The molecule has 2 aromatic rings. The number of amides is 3. The van der Waals surface area contributed by atoms with Crippen LogP contribution in [0.1, 0.15) is 5.56 Å². The van der Waals surface area contributed by atoms with E-state index in [9.17, 15) is 18.8 Å². The Morgan fingerprint density at radius 1 is 1.21 bits per heavy atom. The average molecular weight is 435 g/mol. The van der Waals surface area contributed by atoms with Gasteiger partial charge in [0.15, 0.2) is 6.61 Å². The highest BCUT2D eigenvalue weighted by Gasteiger charge is 2.34. The maximum atomic E-state index is 13.1. The smallest absolute Gasteiger partial charge is 0.293 e. The molecule has 0 aliphatic carbocycles. The molecule has 1 aliphatic heterocycles. The van der Waals surface area contributed by atoms with Gasteiger partial charge in [0.2, 0.25) is 0 Å². The molecule has 0 saturated carbocycles. The zero-order valence-electron chi connectivity index (χ0n) is 15.1. The molecule has 3 rings (SSSR count). The van der Waals surface area contributed by atoms with Crippen molar-refractivity contribution in [3.8, 4) is 5.75 Å². The van der Waals surface area contributed by atoms with Crippen molar-refractivity contribution in [2.75, 3.05) is 19.7 Å². The molecule has 1 heterocycles. The van der Waals surface area contributed by atoms with Gasteiger partial charge >= 0.3 is 0 Å². The van der Waals surface area contributed by atoms with Crippen LogP contribution in [0.3, 0.4) is 0 Å². The summed E-state index contributed by atoms with van der Waals surface area (Å²) in [6.07, 6.45) is 1.57. The number of halogens is 2. The maximum absolute atomic E-state index is 13.1. The molecule has 0 bridgehead atoms. The van der Waals surface area contributed by atoms with Crippen LogP contribution in [0.2, 0.25) is 5.02 Å². The van der Waals surface area contributed by atoms with E-state index < -0.39 is 22.9 Å². The summed E-state index contributed by atoms with van der Waals surface area (Å²) in [7, 11) is 0. The van der Waals surface area contributed by atoms with Gasteiger partial charge in [-0.2, -0.15) is 0 Å². The number of nitrogens with one attached hydrogen (secondary N) is 1. The largest absolute Gasteiger partial charge is 0.484 e. The Kier molecular flexibility index (Phi) is 6.90. The molecule has 0 aromatic heterocycles. The number of rotatable bonds is 7. The number of thioether (sulfide) groups is 1. The Morgan fingerprint density at radius 3 is 2.76 bits per heavy atom. The quantitative estimate of drug-likeness (QED) is 0.672. The van der Waals surface area contributed by atoms with Crippen molar-refractivity contribution >= 4 is 46.5 Å². The fraction of sp³-hybridized carbons (Fsp3) is 0.150. The fourth-order valence-electron chi connectivity index (χ4n) is 2.49. The zero-order chi connectivity index (χ0) is 20.8. The molecule has 0 unspecified atom stereocenters. The average Bonchev–Trinajstić information content (AvgIpc) is 2.95. The van der Waals surface area contributed by atoms with Crippen molar-refractivity contribution in [1.29, 1.82) is 0 Å². The summed E-state index contributed by atoms with van der Waals surface area (Å²) < 4.78 is 18.3. The highest BCUT2D eigenvalue weighted by atomic mass is 35.5. The second-order valence-electron chi connectivity index (χ2n) is 5.95. The van der Waals surface area contributed by atoms with Crippen molar-refractivity contribution in [2.24, 2.45) is 0 Å². The lowest BCUT2D eigenvalue weighted by Crippen LogP contribution is -2.38. The first kappa shape index (κ1) is 20.9. The zero-order valence-corrected chi connectivity index (χ0v) is 16.6. The Balaban J connectivity index is 1.49. The minimum absolute atomic E-state index is 0.0240. The van der Waals surface area contributed by atoms with E-state index in [4.69, 9.17) is 16.3 Å². The maximum Gasteiger partial charge on any atom is 0.293 e. The van der Waals surface area contributed by atoms with Gasteiger partial charge < -0.3 is 10.1 Å². The highest BCUT2D eigenvalue weighted by molar-refractivity contribution is 8.18. The van der Waals surface area contributed by atoms with Crippen LogP contribution in [0.25, 0.3) is 6.08 Å². The van der Waals surface area contributed by atoms with E-state index >= 15 is 0 Å². The van der Waals surface area contributed by atoms with Gasteiger partial charge in [0.1, 0.15) is 11.6 Å². The fourth-order valence-corrected chi connectivity index (χ4v) is 3.54. The molecule has 0 atom stereocenters. The molecule has 3 amide bonds. The van der Waals surface area contributed by atoms with Crippen LogP contribution in [0.4, 0.5) is 9.18 Å². The van der Waals surface area contributed by atoms with Crippen LogP contribution in [-0.2, 0) is 9.59 Å². The standard InChI is InChI=1S/C20H16ClFN2O4S/c21-16-7-2-1-4-13(16)10-17-19(26)24(20(27)29-17)9-8-23-18(25)12-28-15-6-3-5-14(22)11-15/h1-7,10-11H,8-9,12H2,(H,23,25). The third kappa shape index (κ3) is 5.58. The number of nitrogens with zero attached hydrogens (tertiary/aromatic N) is 1. The van der Waals surface area contributed by atoms with Crippen molar-refractivity contribution < 1.29 is 23.5 Å². The van der Waals surface area contributed by atoms with Crippen LogP contribution in [-0.4, -0.2) is 41.6 Å². The molecular weight excluding hydrogens is 419 g/mol. The molecule has 1 saturated heterocycles. The molecule has 1 N–H and O–H groups in total. The van der Waals surface area contributed by atoms with Crippen molar-refractivity contribution in [2.45, 2.75) is 0 Å².